The lowest BCUT2D eigenvalue weighted by atomic mass is 9.76. The molecule has 1 atom stereocenters. The molecule has 126 valence electrons. The lowest BCUT2D eigenvalue weighted by Crippen LogP contribution is -2.48. The summed E-state index contributed by atoms with van der Waals surface area (Å²) in [5.41, 5.74) is 0.409. The third-order valence-corrected chi connectivity index (χ3v) is 5.17. The average molecular weight is 299 g/mol. The Kier molecular flexibility index (Phi) is 8.22. The highest BCUT2D eigenvalue weighted by molar-refractivity contribution is 4.86. The fraction of sp³-hybridized carbons (Fsp3) is 1.00. The molecule has 0 aliphatic heterocycles. The van der Waals surface area contributed by atoms with Crippen LogP contribution in [-0.4, -0.2) is 36.5 Å². The summed E-state index contributed by atoms with van der Waals surface area (Å²) in [5, 5.41) is 13.2. The molecule has 1 saturated carbocycles. The van der Waals surface area contributed by atoms with Crippen LogP contribution in [-0.2, 0) is 4.74 Å². The van der Waals surface area contributed by atoms with Crippen LogP contribution in [0.5, 0.6) is 0 Å². The molecule has 0 radical (unpaired) electrons. The average Bonchev–Trinajstić information content (AvgIpc) is 2.48. The molecular weight excluding hydrogens is 262 g/mol. The normalized spacial score (nSPS) is 22.1. The van der Waals surface area contributed by atoms with E-state index in [0.717, 1.165) is 38.8 Å². The SMILES string of the molecule is CCCNC(CC)(CO)CCCOC1CCC(C)(C)CC1. The Morgan fingerprint density at radius 2 is 1.90 bits per heavy atom. The van der Waals surface area contributed by atoms with Gasteiger partial charge in [0.2, 0.25) is 0 Å². The van der Waals surface area contributed by atoms with Crippen molar-refractivity contribution in [1.82, 2.24) is 5.32 Å². The first-order valence-electron chi connectivity index (χ1n) is 8.94. The number of aliphatic hydroxyl groups is 1. The Morgan fingerprint density at radius 1 is 1.24 bits per heavy atom. The van der Waals surface area contributed by atoms with Crippen molar-refractivity contribution in [3.8, 4) is 0 Å². The molecule has 0 aromatic heterocycles. The van der Waals surface area contributed by atoms with Crippen LogP contribution in [0.2, 0.25) is 0 Å². The van der Waals surface area contributed by atoms with Gasteiger partial charge in [0.15, 0.2) is 0 Å². The van der Waals surface area contributed by atoms with Gasteiger partial charge in [-0.05, 0) is 63.3 Å². The van der Waals surface area contributed by atoms with Crippen molar-refractivity contribution < 1.29 is 9.84 Å². The molecule has 3 heteroatoms. The predicted molar refractivity (Wildman–Crippen MR) is 89.6 cm³/mol. The van der Waals surface area contributed by atoms with Gasteiger partial charge >= 0.3 is 0 Å². The van der Waals surface area contributed by atoms with Crippen LogP contribution in [0.1, 0.15) is 79.1 Å². The van der Waals surface area contributed by atoms with E-state index in [2.05, 4.69) is 33.0 Å². The summed E-state index contributed by atoms with van der Waals surface area (Å²) in [7, 11) is 0. The molecule has 0 bridgehead atoms. The maximum absolute atomic E-state index is 9.71. The first kappa shape index (κ1) is 18.9. The standard InChI is InChI=1S/C18H37NO2/c1-5-13-19-18(6-2,15-20)10-7-14-21-16-8-11-17(3,4)12-9-16/h16,19-20H,5-15H2,1-4H3. The Hall–Kier alpha value is -0.120. The molecule has 1 rings (SSSR count). The van der Waals surface area contributed by atoms with E-state index in [0.29, 0.717) is 11.5 Å². The molecule has 0 saturated heterocycles. The molecule has 0 aromatic rings. The van der Waals surface area contributed by atoms with Gasteiger partial charge in [0.1, 0.15) is 0 Å². The Balaban J connectivity index is 2.22. The first-order valence-corrected chi connectivity index (χ1v) is 8.94. The first-order chi connectivity index (χ1) is 9.97. The maximum atomic E-state index is 9.71. The molecule has 1 aliphatic carbocycles. The molecule has 21 heavy (non-hydrogen) atoms. The van der Waals surface area contributed by atoms with Gasteiger partial charge in [-0.25, -0.2) is 0 Å². The van der Waals surface area contributed by atoms with Gasteiger partial charge in [-0.2, -0.15) is 0 Å². The number of aliphatic hydroxyl groups excluding tert-OH is 1. The second-order valence-corrected chi connectivity index (χ2v) is 7.56. The summed E-state index contributed by atoms with van der Waals surface area (Å²) in [5.74, 6) is 0. The summed E-state index contributed by atoms with van der Waals surface area (Å²) in [4.78, 5) is 0. The van der Waals surface area contributed by atoms with Crippen LogP contribution in [0.15, 0.2) is 0 Å². The highest BCUT2D eigenvalue weighted by Crippen LogP contribution is 2.36. The van der Waals surface area contributed by atoms with Crippen molar-refractivity contribution in [2.24, 2.45) is 5.41 Å². The van der Waals surface area contributed by atoms with Crippen LogP contribution in [0.4, 0.5) is 0 Å². The van der Waals surface area contributed by atoms with Gasteiger partial charge in [0.25, 0.3) is 0 Å². The zero-order chi connectivity index (χ0) is 15.8. The minimum atomic E-state index is -0.103. The molecule has 2 N–H and O–H groups in total. The maximum Gasteiger partial charge on any atom is 0.0613 e. The fourth-order valence-electron chi connectivity index (χ4n) is 3.23. The van der Waals surface area contributed by atoms with Crippen LogP contribution in [0, 0.1) is 5.41 Å². The largest absolute Gasteiger partial charge is 0.394 e. The summed E-state index contributed by atoms with van der Waals surface area (Å²) in [6, 6.07) is 0. The van der Waals surface area contributed by atoms with Crippen molar-refractivity contribution in [2.45, 2.75) is 90.7 Å². The van der Waals surface area contributed by atoms with E-state index in [1.165, 1.54) is 25.7 Å². The third kappa shape index (κ3) is 6.66. The molecular formula is C18H37NO2. The van der Waals surface area contributed by atoms with E-state index in [1.807, 2.05) is 0 Å². The van der Waals surface area contributed by atoms with Crippen molar-refractivity contribution in [3.63, 3.8) is 0 Å². The number of nitrogens with one attached hydrogen (secondary N) is 1. The van der Waals surface area contributed by atoms with E-state index < -0.39 is 0 Å². The summed E-state index contributed by atoms with van der Waals surface area (Å²) < 4.78 is 6.06. The third-order valence-electron chi connectivity index (χ3n) is 5.17. The minimum Gasteiger partial charge on any atom is -0.394 e. The van der Waals surface area contributed by atoms with Crippen LogP contribution in [0.3, 0.4) is 0 Å². The van der Waals surface area contributed by atoms with Gasteiger partial charge in [-0.1, -0.05) is 27.7 Å². The van der Waals surface area contributed by atoms with Crippen molar-refractivity contribution in [2.75, 3.05) is 19.8 Å². The van der Waals surface area contributed by atoms with Crippen molar-refractivity contribution in [3.05, 3.63) is 0 Å². The molecule has 0 heterocycles. The minimum absolute atomic E-state index is 0.103. The lowest BCUT2D eigenvalue weighted by Gasteiger charge is -2.35. The zero-order valence-electron chi connectivity index (χ0n) is 14.7. The smallest absolute Gasteiger partial charge is 0.0613 e. The summed E-state index contributed by atoms with van der Waals surface area (Å²) in [6.45, 7) is 11.1. The fourth-order valence-corrected chi connectivity index (χ4v) is 3.23. The Labute approximate surface area is 131 Å². The second kappa shape index (κ2) is 9.12. The van der Waals surface area contributed by atoms with Gasteiger partial charge < -0.3 is 15.2 Å². The van der Waals surface area contributed by atoms with Gasteiger partial charge in [-0.3, -0.25) is 0 Å². The summed E-state index contributed by atoms with van der Waals surface area (Å²) in [6.07, 6.45) is 9.56. The number of hydrogen-bond acceptors (Lipinski definition) is 3. The van der Waals surface area contributed by atoms with E-state index in [-0.39, 0.29) is 12.1 Å². The number of rotatable bonds is 10. The van der Waals surface area contributed by atoms with Crippen LogP contribution >= 0.6 is 0 Å². The van der Waals surface area contributed by atoms with Gasteiger partial charge in [0, 0.05) is 12.1 Å². The monoisotopic (exact) mass is 299 g/mol. The molecule has 0 aromatic carbocycles. The van der Waals surface area contributed by atoms with E-state index in [4.69, 9.17) is 4.74 Å². The number of ether oxygens (including phenoxy) is 1. The molecule has 3 nitrogen and oxygen atoms in total. The highest BCUT2D eigenvalue weighted by atomic mass is 16.5. The molecule has 0 amide bonds. The van der Waals surface area contributed by atoms with E-state index >= 15 is 0 Å². The predicted octanol–water partition coefficient (Wildman–Crippen LogP) is 3.89. The summed E-state index contributed by atoms with van der Waals surface area (Å²) >= 11 is 0. The van der Waals surface area contributed by atoms with Gasteiger partial charge in [-0.15, -0.1) is 0 Å². The van der Waals surface area contributed by atoms with Crippen LogP contribution in [0.25, 0.3) is 0 Å². The second-order valence-electron chi connectivity index (χ2n) is 7.56. The van der Waals surface area contributed by atoms with Crippen LogP contribution < -0.4 is 5.32 Å². The van der Waals surface area contributed by atoms with E-state index in [1.54, 1.807) is 0 Å². The zero-order valence-corrected chi connectivity index (χ0v) is 14.7. The van der Waals surface area contributed by atoms with Crippen molar-refractivity contribution in [1.29, 1.82) is 0 Å². The topological polar surface area (TPSA) is 41.5 Å². The van der Waals surface area contributed by atoms with Crippen molar-refractivity contribution >= 4 is 0 Å². The molecule has 1 unspecified atom stereocenters. The molecule has 1 aliphatic rings. The van der Waals surface area contributed by atoms with E-state index in [9.17, 15) is 5.11 Å². The molecule has 1 fully saturated rings. The quantitative estimate of drug-likeness (QED) is 0.601. The highest BCUT2D eigenvalue weighted by Gasteiger charge is 2.28. The number of hydrogen-bond donors (Lipinski definition) is 2. The Bertz CT molecular complexity index is 264. The van der Waals surface area contributed by atoms with Gasteiger partial charge in [0.05, 0.1) is 12.7 Å². The lowest BCUT2D eigenvalue weighted by molar-refractivity contribution is -0.000852. The Morgan fingerprint density at radius 3 is 2.43 bits per heavy atom. The molecule has 0 spiro atoms.